The molecular formula is C28H32ClN7O3. The first kappa shape index (κ1) is 26.6. The standard InChI is InChI=1S/C28H32ClN7O3/c29-25-17-23(26(30)33-32-25)35-15-16-36(22-9-5-2-6-10-22)24(18-35)27(37)31-21-11-13-34(14-12-21)28(38)39-19-20-7-3-1-4-8-20/h1-10,17,21,24H,11-16,18-19H2,(H2,30,33)(H,31,37). The molecule has 204 valence electrons. The number of piperidine rings is 1. The van der Waals surface area contributed by atoms with Gasteiger partial charge in [0.05, 0.1) is 5.69 Å². The molecule has 0 bridgehead atoms. The van der Waals surface area contributed by atoms with Gasteiger partial charge >= 0.3 is 6.09 Å². The summed E-state index contributed by atoms with van der Waals surface area (Å²) < 4.78 is 5.47. The number of carbonyl (C=O) groups excluding carboxylic acids is 2. The molecule has 3 aromatic rings. The van der Waals surface area contributed by atoms with Crippen molar-refractivity contribution >= 4 is 40.8 Å². The number of nitrogens with zero attached hydrogens (tertiary/aromatic N) is 5. The van der Waals surface area contributed by atoms with Gasteiger partial charge in [-0.25, -0.2) is 4.79 Å². The van der Waals surface area contributed by atoms with Gasteiger partial charge < -0.3 is 30.5 Å². The lowest BCUT2D eigenvalue weighted by Crippen LogP contribution is -2.61. The van der Waals surface area contributed by atoms with Crippen LogP contribution < -0.4 is 20.9 Å². The molecule has 0 saturated carbocycles. The zero-order valence-electron chi connectivity index (χ0n) is 21.6. The van der Waals surface area contributed by atoms with Crippen molar-refractivity contribution in [2.24, 2.45) is 0 Å². The first-order valence-corrected chi connectivity index (χ1v) is 13.5. The number of aromatic nitrogens is 2. The quantitative estimate of drug-likeness (QED) is 0.481. The molecule has 3 heterocycles. The summed E-state index contributed by atoms with van der Waals surface area (Å²) in [5.41, 5.74) is 8.69. The van der Waals surface area contributed by atoms with Crippen molar-refractivity contribution < 1.29 is 14.3 Å². The first-order valence-electron chi connectivity index (χ1n) is 13.1. The van der Waals surface area contributed by atoms with E-state index in [2.05, 4.69) is 20.4 Å². The fourth-order valence-electron chi connectivity index (χ4n) is 5.09. The van der Waals surface area contributed by atoms with E-state index in [0.29, 0.717) is 51.3 Å². The molecule has 2 aliphatic heterocycles. The molecule has 10 nitrogen and oxygen atoms in total. The van der Waals surface area contributed by atoms with E-state index in [1.165, 1.54) is 0 Å². The second-order valence-electron chi connectivity index (χ2n) is 9.74. The van der Waals surface area contributed by atoms with Crippen molar-refractivity contribution in [1.82, 2.24) is 20.4 Å². The molecule has 0 aliphatic carbocycles. The number of ether oxygens (including phenoxy) is 1. The normalized spacial score (nSPS) is 18.1. The number of piperazine rings is 1. The van der Waals surface area contributed by atoms with Gasteiger partial charge in [0.2, 0.25) is 5.91 Å². The van der Waals surface area contributed by atoms with Crippen molar-refractivity contribution in [1.29, 1.82) is 0 Å². The van der Waals surface area contributed by atoms with Crippen LogP contribution in [0.1, 0.15) is 18.4 Å². The predicted octanol–water partition coefficient (Wildman–Crippen LogP) is 3.32. The molecule has 3 N–H and O–H groups in total. The van der Waals surface area contributed by atoms with Crippen LogP contribution in [0.4, 0.5) is 22.0 Å². The van der Waals surface area contributed by atoms with Gasteiger partial charge in [0.15, 0.2) is 11.0 Å². The average Bonchev–Trinajstić information content (AvgIpc) is 2.98. The maximum atomic E-state index is 13.7. The summed E-state index contributed by atoms with van der Waals surface area (Å²) in [6, 6.07) is 20.7. The molecule has 2 aliphatic rings. The van der Waals surface area contributed by atoms with Crippen LogP contribution in [-0.4, -0.2) is 71.9 Å². The van der Waals surface area contributed by atoms with Crippen LogP contribution in [-0.2, 0) is 16.1 Å². The van der Waals surface area contributed by atoms with Crippen molar-refractivity contribution in [2.75, 3.05) is 48.3 Å². The van der Waals surface area contributed by atoms with Gasteiger partial charge in [-0.05, 0) is 30.5 Å². The number of likely N-dealkylation sites (tertiary alicyclic amines) is 1. The van der Waals surface area contributed by atoms with Gasteiger partial charge in [0.1, 0.15) is 12.6 Å². The molecule has 39 heavy (non-hydrogen) atoms. The SMILES string of the molecule is Nc1nnc(Cl)cc1N1CCN(c2ccccc2)C(C(=O)NC2CCN(C(=O)OCc3ccccc3)CC2)C1. The highest BCUT2D eigenvalue weighted by Crippen LogP contribution is 2.28. The lowest BCUT2D eigenvalue weighted by atomic mass is 10.0. The van der Waals surface area contributed by atoms with Crippen LogP contribution in [0.2, 0.25) is 5.15 Å². The average molecular weight is 550 g/mol. The van der Waals surface area contributed by atoms with Gasteiger partial charge in [-0.15, -0.1) is 10.2 Å². The summed E-state index contributed by atoms with van der Waals surface area (Å²) in [7, 11) is 0. The fraction of sp³-hybridized carbons (Fsp3) is 0.357. The number of para-hydroxylation sites is 1. The molecular weight excluding hydrogens is 518 g/mol. The second-order valence-corrected chi connectivity index (χ2v) is 10.1. The van der Waals surface area contributed by atoms with Crippen molar-refractivity contribution in [2.45, 2.75) is 31.5 Å². The Balaban J connectivity index is 1.21. The van der Waals surface area contributed by atoms with Crippen molar-refractivity contribution in [3.63, 3.8) is 0 Å². The monoisotopic (exact) mass is 549 g/mol. The number of hydrogen-bond donors (Lipinski definition) is 2. The number of halogens is 1. The molecule has 11 heteroatoms. The molecule has 0 spiro atoms. The number of rotatable bonds is 6. The van der Waals surface area contributed by atoms with Gasteiger partial charge in [-0.2, -0.15) is 0 Å². The third kappa shape index (κ3) is 6.51. The van der Waals surface area contributed by atoms with E-state index in [1.807, 2.05) is 65.6 Å². The Bertz CT molecular complexity index is 1270. The van der Waals surface area contributed by atoms with Crippen LogP contribution in [0.5, 0.6) is 0 Å². The molecule has 1 unspecified atom stereocenters. The van der Waals surface area contributed by atoms with Gasteiger partial charge in [0.25, 0.3) is 0 Å². The molecule has 2 amide bonds. The van der Waals surface area contributed by atoms with Gasteiger partial charge in [-0.3, -0.25) is 4.79 Å². The first-order chi connectivity index (χ1) is 19.0. The van der Waals surface area contributed by atoms with Crippen molar-refractivity contribution in [3.8, 4) is 0 Å². The third-order valence-electron chi connectivity index (χ3n) is 7.19. The number of nitrogens with one attached hydrogen (secondary N) is 1. The second kappa shape index (κ2) is 12.2. The number of anilines is 3. The summed E-state index contributed by atoms with van der Waals surface area (Å²) in [4.78, 5) is 32.1. The fourth-order valence-corrected chi connectivity index (χ4v) is 5.23. The summed E-state index contributed by atoms with van der Waals surface area (Å²) in [6.45, 7) is 2.97. The van der Waals surface area contributed by atoms with E-state index in [9.17, 15) is 9.59 Å². The van der Waals surface area contributed by atoms with Gasteiger partial charge in [-0.1, -0.05) is 60.1 Å². The number of nitrogens with two attached hydrogens (primary N) is 1. The Kier molecular flexibility index (Phi) is 8.31. The molecule has 2 aromatic carbocycles. The highest BCUT2D eigenvalue weighted by molar-refractivity contribution is 6.29. The molecule has 5 rings (SSSR count). The highest BCUT2D eigenvalue weighted by atomic mass is 35.5. The minimum atomic E-state index is -0.457. The Morgan fingerprint density at radius 2 is 1.67 bits per heavy atom. The minimum absolute atomic E-state index is 0.0363. The topological polar surface area (TPSA) is 117 Å². The summed E-state index contributed by atoms with van der Waals surface area (Å²) in [6.07, 6.45) is 0.985. The maximum absolute atomic E-state index is 13.7. The lowest BCUT2D eigenvalue weighted by molar-refractivity contribution is -0.123. The maximum Gasteiger partial charge on any atom is 0.410 e. The van der Waals surface area contributed by atoms with Crippen LogP contribution >= 0.6 is 11.6 Å². The van der Waals surface area contributed by atoms with E-state index in [1.54, 1.807) is 11.0 Å². The number of amides is 2. The van der Waals surface area contributed by atoms with E-state index in [4.69, 9.17) is 22.1 Å². The Hall–Kier alpha value is -4.05. The van der Waals surface area contributed by atoms with Crippen LogP contribution in [0.15, 0.2) is 66.7 Å². The number of benzene rings is 2. The number of carbonyl (C=O) groups is 2. The number of hydrogen-bond acceptors (Lipinski definition) is 8. The number of nitrogen functional groups attached to an aromatic ring is 1. The summed E-state index contributed by atoms with van der Waals surface area (Å²) in [5, 5.41) is 11.2. The Labute approximate surface area is 232 Å². The smallest absolute Gasteiger partial charge is 0.410 e. The van der Waals surface area contributed by atoms with E-state index < -0.39 is 6.04 Å². The molecule has 0 radical (unpaired) electrons. The van der Waals surface area contributed by atoms with Crippen molar-refractivity contribution in [3.05, 3.63) is 77.4 Å². The van der Waals surface area contributed by atoms with Crippen LogP contribution in [0, 0.1) is 0 Å². The summed E-state index contributed by atoms with van der Waals surface area (Å²) >= 11 is 6.09. The molecule has 2 saturated heterocycles. The minimum Gasteiger partial charge on any atom is -0.445 e. The van der Waals surface area contributed by atoms with Gasteiger partial charge in [0, 0.05) is 50.5 Å². The van der Waals surface area contributed by atoms with E-state index in [0.717, 1.165) is 11.3 Å². The Morgan fingerprint density at radius 3 is 2.38 bits per heavy atom. The van der Waals surface area contributed by atoms with Crippen LogP contribution in [0.3, 0.4) is 0 Å². The zero-order chi connectivity index (χ0) is 27.2. The third-order valence-corrected chi connectivity index (χ3v) is 7.37. The Morgan fingerprint density at radius 1 is 0.974 bits per heavy atom. The molecule has 1 atom stereocenters. The van der Waals surface area contributed by atoms with E-state index in [-0.39, 0.29) is 35.6 Å². The van der Waals surface area contributed by atoms with E-state index >= 15 is 0 Å². The highest BCUT2D eigenvalue weighted by Gasteiger charge is 2.35. The lowest BCUT2D eigenvalue weighted by Gasteiger charge is -2.43. The zero-order valence-corrected chi connectivity index (χ0v) is 22.3. The van der Waals surface area contributed by atoms with Crippen LogP contribution in [0.25, 0.3) is 0 Å². The predicted molar refractivity (Wildman–Crippen MR) is 151 cm³/mol. The summed E-state index contributed by atoms with van der Waals surface area (Å²) in [5.74, 6) is 0.207. The molecule has 2 fully saturated rings. The molecule has 1 aromatic heterocycles. The largest absolute Gasteiger partial charge is 0.445 e.